The highest BCUT2D eigenvalue weighted by Crippen LogP contribution is 2.22. The smallest absolute Gasteiger partial charge is 0.311 e. The summed E-state index contributed by atoms with van der Waals surface area (Å²) in [7, 11) is 0. The predicted molar refractivity (Wildman–Crippen MR) is 74.7 cm³/mol. The van der Waals surface area contributed by atoms with Gasteiger partial charge in [-0.3, -0.25) is 10.1 Å². The molecule has 0 unspecified atom stereocenters. The number of nitro groups is 1. The summed E-state index contributed by atoms with van der Waals surface area (Å²) in [4.78, 5) is 18.9. The maximum absolute atomic E-state index is 10.9. The molecule has 0 aromatic carbocycles. The second-order valence-corrected chi connectivity index (χ2v) is 5.23. The van der Waals surface area contributed by atoms with Crippen molar-refractivity contribution in [2.75, 3.05) is 11.9 Å². The molecule has 0 aliphatic heterocycles. The van der Waals surface area contributed by atoms with Crippen molar-refractivity contribution in [3.63, 3.8) is 0 Å². The Labute approximate surface area is 114 Å². The maximum atomic E-state index is 10.9. The van der Waals surface area contributed by atoms with E-state index in [2.05, 4.69) is 15.3 Å². The first kappa shape index (κ1) is 13.4. The average Bonchev–Trinajstić information content (AvgIpc) is 2.77. The standard InChI is InChI=1S/C12H14N4O2S/c1-8-5-11(16(17)18)12(14-6-8)13-4-3-10-7-19-9(2)15-10/h5-7H,3-4H2,1-2H3,(H,13,14). The lowest BCUT2D eigenvalue weighted by molar-refractivity contribution is -0.384. The Morgan fingerprint density at radius 2 is 2.26 bits per heavy atom. The Kier molecular flexibility index (Phi) is 4.06. The molecule has 2 heterocycles. The first-order chi connectivity index (χ1) is 9.06. The minimum atomic E-state index is -0.421. The lowest BCUT2D eigenvalue weighted by atomic mass is 10.2. The van der Waals surface area contributed by atoms with Crippen molar-refractivity contribution in [3.8, 4) is 0 Å². The van der Waals surface area contributed by atoms with Crippen LogP contribution in [0, 0.1) is 24.0 Å². The van der Waals surface area contributed by atoms with Crippen LogP contribution in [0.15, 0.2) is 17.6 Å². The molecule has 2 rings (SSSR count). The molecular weight excluding hydrogens is 264 g/mol. The molecule has 0 saturated heterocycles. The Balaban J connectivity index is 2.01. The zero-order valence-electron chi connectivity index (χ0n) is 10.7. The summed E-state index contributed by atoms with van der Waals surface area (Å²) in [5.74, 6) is 0.308. The summed E-state index contributed by atoms with van der Waals surface area (Å²) in [6.45, 7) is 4.30. The SMILES string of the molecule is Cc1cnc(NCCc2csc(C)n2)c([N+](=O)[O-])c1. The van der Waals surface area contributed by atoms with Gasteiger partial charge >= 0.3 is 5.69 Å². The van der Waals surface area contributed by atoms with Gasteiger partial charge in [-0.1, -0.05) is 0 Å². The Bertz CT molecular complexity index is 597. The number of aryl methyl sites for hydroxylation is 2. The van der Waals surface area contributed by atoms with Crippen molar-refractivity contribution in [1.29, 1.82) is 0 Å². The lowest BCUT2D eigenvalue weighted by Crippen LogP contribution is -2.08. The van der Waals surface area contributed by atoms with E-state index in [4.69, 9.17) is 0 Å². The van der Waals surface area contributed by atoms with Crippen LogP contribution >= 0.6 is 11.3 Å². The topological polar surface area (TPSA) is 81.0 Å². The lowest BCUT2D eigenvalue weighted by Gasteiger charge is -2.05. The summed E-state index contributed by atoms with van der Waals surface area (Å²) in [5.41, 5.74) is 1.77. The van der Waals surface area contributed by atoms with Gasteiger partial charge in [-0.05, 0) is 19.4 Å². The van der Waals surface area contributed by atoms with Gasteiger partial charge < -0.3 is 5.32 Å². The highest BCUT2D eigenvalue weighted by atomic mass is 32.1. The van der Waals surface area contributed by atoms with Gasteiger partial charge in [0.25, 0.3) is 0 Å². The van der Waals surface area contributed by atoms with Gasteiger partial charge in [0, 0.05) is 30.6 Å². The second-order valence-electron chi connectivity index (χ2n) is 4.17. The molecule has 0 spiro atoms. The van der Waals surface area contributed by atoms with Crippen LogP contribution in [0.2, 0.25) is 0 Å². The third kappa shape index (κ3) is 3.47. The highest BCUT2D eigenvalue weighted by molar-refractivity contribution is 7.09. The number of hydrogen-bond donors (Lipinski definition) is 1. The Hall–Kier alpha value is -2.02. The molecule has 0 amide bonds. The van der Waals surface area contributed by atoms with E-state index in [1.54, 1.807) is 24.5 Å². The molecule has 0 radical (unpaired) electrons. The average molecular weight is 278 g/mol. The number of hydrogen-bond acceptors (Lipinski definition) is 6. The van der Waals surface area contributed by atoms with Crippen molar-refractivity contribution < 1.29 is 4.92 Å². The van der Waals surface area contributed by atoms with Crippen molar-refractivity contribution in [2.24, 2.45) is 0 Å². The summed E-state index contributed by atoms with van der Waals surface area (Å²) in [6, 6.07) is 1.52. The van der Waals surface area contributed by atoms with E-state index >= 15 is 0 Å². The Morgan fingerprint density at radius 1 is 1.47 bits per heavy atom. The van der Waals surface area contributed by atoms with Crippen LogP contribution in [0.3, 0.4) is 0 Å². The minimum absolute atomic E-state index is 0.00876. The predicted octanol–water partition coefficient (Wildman–Crippen LogP) is 2.72. The van der Waals surface area contributed by atoms with Crippen LogP contribution in [0.5, 0.6) is 0 Å². The molecule has 0 aliphatic rings. The summed E-state index contributed by atoms with van der Waals surface area (Å²) >= 11 is 1.60. The number of anilines is 1. The number of pyridine rings is 1. The molecule has 2 aromatic rings. The van der Waals surface area contributed by atoms with Gasteiger partial charge in [0.15, 0.2) is 0 Å². The fraction of sp³-hybridized carbons (Fsp3) is 0.333. The quantitative estimate of drug-likeness (QED) is 0.671. The normalized spacial score (nSPS) is 10.4. The zero-order valence-corrected chi connectivity index (χ0v) is 11.5. The van der Waals surface area contributed by atoms with Crippen molar-refractivity contribution in [2.45, 2.75) is 20.3 Å². The van der Waals surface area contributed by atoms with Gasteiger partial charge in [0.05, 0.1) is 15.6 Å². The van der Waals surface area contributed by atoms with Gasteiger partial charge in [-0.15, -0.1) is 11.3 Å². The van der Waals surface area contributed by atoms with E-state index in [1.807, 2.05) is 12.3 Å². The minimum Gasteiger partial charge on any atom is -0.364 e. The first-order valence-electron chi connectivity index (χ1n) is 5.82. The number of rotatable bonds is 5. The third-order valence-electron chi connectivity index (χ3n) is 2.54. The molecule has 7 heteroatoms. The van der Waals surface area contributed by atoms with E-state index in [1.165, 1.54) is 6.07 Å². The largest absolute Gasteiger partial charge is 0.364 e. The molecule has 19 heavy (non-hydrogen) atoms. The molecule has 100 valence electrons. The van der Waals surface area contributed by atoms with Crippen LogP contribution in [0.25, 0.3) is 0 Å². The summed E-state index contributed by atoms with van der Waals surface area (Å²) < 4.78 is 0. The highest BCUT2D eigenvalue weighted by Gasteiger charge is 2.14. The number of thiazole rings is 1. The van der Waals surface area contributed by atoms with E-state index < -0.39 is 4.92 Å². The molecule has 0 aliphatic carbocycles. The van der Waals surface area contributed by atoms with Gasteiger partial charge in [0.2, 0.25) is 5.82 Å². The van der Waals surface area contributed by atoms with E-state index in [9.17, 15) is 10.1 Å². The summed E-state index contributed by atoms with van der Waals surface area (Å²) in [5, 5.41) is 16.9. The maximum Gasteiger partial charge on any atom is 0.311 e. The Morgan fingerprint density at radius 3 is 2.89 bits per heavy atom. The van der Waals surface area contributed by atoms with Gasteiger partial charge in [0.1, 0.15) is 0 Å². The monoisotopic (exact) mass is 278 g/mol. The van der Waals surface area contributed by atoms with Crippen LogP contribution in [0.4, 0.5) is 11.5 Å². The van der Waals surface area contributed by atoms with Crippen LogP contribution in [-0.4, -0.2) is 21.4 Å². The van der Waals surface area contributed by atoms with Crippen LogP contribution in [-0.2, 0) is 6.42 Å². The van der Waals surface area contributed by atoms with Crippen LogP contribution in [0.1, 0.15) is 16.3 Å². The molecule has 0 fully saturated rings. The van der Waals surface area contributed by atoms with Crippen molar-refractivity contribution in [1.82, 2.24) is 9.97 Å². The molecule has 0 saturated carbocycles. The molecule has 0 bridgehead atoms. The molecule has 0 atom stereocenters. The number of nitrogens with zero attached hydrogens (tertiary/aromatic N) is 3. The van der Waals surface area contributed by atoms with E-state index in [0.29, 0.717) is 12.4 Å². The molecule has 6 nitrogen and oxygen atoms in total. The van der Waals surface area contributed by atoms with Gasteiger partial charge in [-0.25, -0.2) is 9.97 Å². The first-order valence-corrected chi connectivity index (χ1v) is 6.70. The fourth-order valence-corrected chi connectivity index (χ4v) is 2.31. The molecule has 2 aromatic heterocycles. The van der Waals surface area contributed by atoms with Crippen molar-refractivity contribution in [3.05, 3.63) is 44.0 Å². The number of nitrogens with one attached hydrogen (secondary N) is 1. The van der Waals surface area contributed by atoms with E-state index in [-0.39, 0.29) is 5.69 Å². The zero-order chi connectivity index (χ0) is 13.8. The number of aromatic nitrogens is 2. The van der Waals surface area contributed by atoms with Crippen LogP contribution < -0.4 is 5.32 Å². The molecular formula is C12H14N4O2S. The molecule has 1 N–H and O–H groups in total. The van der Waals surface area contributed by atoms with Crippen molar-refractivity contribution >= 4 is 22.8 Å². The second kappa shape index (κ2) is 5.75. The summed E-state index contributed by atoms with van der Waals surface area (Å²) in [6.07, 6.45) is 2.33. The third-order valence-corrected chi connectivity index (χ3v) is 3.36. The van der Waals surface area contributed by atoms with Gasteiger partial charge in [-0.2, -0.15) is 0 Å². The van der Waals surface area contributed by atoms with E-state index in [0.717, 1.165) is 22.7 Å². The fourth-order valence-electron chi connectivity index (χ4n) is 1.66.